The first-order chi connectivity index (χ1) is 14.3. The van der Waals surface area contributed by atoms with Crippen LogP contribution in [0.1, 0.15) is 76.0 Å². The van der Waals surface area contributed by atoms with Crippen molar-refractivity contribution in [1.29, 1.82) is 0 Å². The Kier molecular flexibility index (Phi) is 11.6. The maximum atomic E-state index is 13.7. The summed E-state index contributed by atoms with van der Waals surface area (Å²) < 4.78 is 0. The average molecular weight is 412 g/mol. The Morgan fingerprint density at radius 1 is 0.759 bits per heavy atom. The second-order valence-corrected chi connectivity index (χ2v) is 8.85. The molecule has 0 aliphatic carbocycles. The Morgan fingerprint density at radius 3 is 1.79 bits per heavy atom. The fourth-order valence-corrected chi connectivity index (χ4v) is 4.61. The summed E-state index contributed by atoms with van der Waals surface area (Å²) in [7, 11) is 0. The molecule has 0 heterocycles. The lowest BCUT2D eigenvalue weighted by atomic mass is 10.1. The van der Waals surface area contributed by atoms with E-state index in [1.54, 1.807) is 11.8 Å². The second-order valence-electron chi connectivity index (χ2n) is 7.67. The van der Waals surface area contributed by atoms with E-state index in [2.05, 4.69) is 43.0 Å². The summed E-state index contributed by atoms with van der Waals surface area (Å²) in [4.78, 5) is 17.0. The molecular weight excluding hydrogens is 374 g/mol. The SMILES string of the molecule is CCCCCCN(CCCCCC)C(=O)C(Sc1ccccc1)c1ccccc1. The standard InChI is InChI=1S/C26H37NOS/c1-3-5-7-15-21-27(22-16-8-6-4-2)26(28)25(23-17-11-9-12-18-23)29-24-19-13-10-14-20-24/h9-14,17-20,25H,3-8,15-16,21-22H2,1-2H3. The average Bonchev–Trinajstić information content (AvgIpc) is 2.77. The van der Waals surface area contributed by atoms with Gasteiger partial charge < -0.3 is 4.90 Å². The van der Waals surface area contributed by atoms with Gasteiger partial charge in [-0.2, -0.15) is 0 Å². The Balaban J connectivity index is 2.14. The fraction of sp³-hybridized carbons (Fsp3) is 0.500. The Labute approximate surface area is 182 Å². The Morgan fingerprint density at radius 2 is 1.28 bits per heavy atom. The van der Waals surface area contributed by atoms with Gasteiger partial charge in [0.2, 0.25) is 5.91 Å². The molecule has 29 heavy (non-hydrogen) atoms. The van der Waals surface area contributed by atoms with Crippen molar-refractivity contribution in [2.24, 2.45) is 0 Å². The van der Waals surface area contributed by atoms with Crippen molar-refractivity contribution >= 4 is 17.7 Å². The van der Waals surface area contributed by atoms with Gasteiger partial charge in [-0.1, -0.05) is 101 Å². The molecule has 2 nitrogen and oxygen atoms in total. The minimum Gasteiger partial charge on any atom is -0.341 e. The molecule has 0 aromatic heterocycles. The first-order valence-electron chi connectivity index (χ1n) is 11.3. The zero-order valence-electron chi connectivity index (χ0n) is 18.2. The highest BCUT2D eigenvalue weighted by molar-refractivity contribution is 8.00. The quantitative estimate of drug-likeness (QED) is 0.237. The van der Waals surface area contributed by atoms with Gasteiger partial charge in [-0.15, -0.1) is 11.8 Å². The molecular formula is C26H37NOS. The van der Waals surface area contributed by atoms with Crippen LogP contribution in [0.15, 0.2) is 65.6 Å². The summed E-state index contributed by atoms with van der Waals surface area (Å²) in [6, 6.07) is 20.6. The van der Waals surface area contributed by atoms with Gasteiger partial charge in [0.05, 0.1) is 0 Å². The zero-order valence-corrected chi connectivity index (χ0v) is 19.0. The van der Waals surface area contributed by atoms with Crippen LogP contribution in [0.2, 0.25) is 0 Å². The van der Waals surface area contributed by atoms with Gasteiger partial charge in [-0.05, 0) is 30.5 Å². The van der Waals surface area contributed by atoms with Gasteiger partial charge in [0, 0.05) is 18.0 Å². The number of hydrogen-bond donors (Lipinski definition) is 0. The summed E-state index contributed by atoms with van der Waals surface area (Å²) >= 11 is 1.67. The zero-order chi connectivity index (χ0) is 20.7. The first-order valence-corrected chi connectivity index (χ1v) is 12.2. The predicted molar refractivity (Wildman–Crippen MR) is 126 cm³/mol. The normalized spacial score (nSPS) is 11.9. The minimum absolute atomic E-state index is 0.184. The summed E-state index contributed by atoms with van der Waals surface area (Å²) in [5.41, 5.74) is 1.10. The van der Waals surface area contributed by atoms with Crippen LogP contribution in [0.25, 0.3) is 0 Å². The molecule has 2 aromatic carbocycles. The van der Waals surface area contributed by atoms with Crippen LogP contribution in [0.5, 0.6) is 0 Å². The Bertz CT molecular complexity index is 662. The Hall–Kier alpha value is -1.74. The number of carbonyl (C=O) groups is 1. The van der Waals surface area contributed by atoms with Crippen LogP contribution in [0.3, 0.4) is 0 Å². The summed E-state index contributed by atoms with van der Waals surface area (Å²) in [5.74, 6) is 0.262. The molecule has 158 valence electrons. The smallest absolute Gasteiger partial charge is 0.240 e. The lowest BCUT2D eigenvalue weighted by Crippen LogP contribution is -2.36. The van der Waals surface area contributed by atoms with Gasteiger partial charge in [-0.25, -0.2) is 0 Å². The van der Waals surface area contributed by atoms with E-state index in [0.29, 0.717) is 0 Å². The highest BCUT2D eigenvalue weighted by Gasteiger charge is 2.26. The van der Waals surface area contributed by atoms with Crippen molar-refractivity contribution in [3.05, 3.63) is 66.2 Å². The maximum Gasteiger partial charge on any atom is 0.240 e. The van der Waals surface area contributed by atoms with Gasteiger partial charge >= 0.3 is 0 Å². The van der Waals surface area contributed by atoms with E-state index in [1.807, 2.05) is 36.4 Å². The molecule has 2 rings (SSSR count). The highest BCUT2D eigenvalue weighted by atomic mass is 32.2. The van der Waals surface area contributed by atoms with E-state index in [0.717, 1.165) is 36.4 Å². The van der Waals surface area contributed by atoms with Crippen molar-refractivity contribution in [2.75, 3.05) is 13.1 Å². The first kappa shape index (κ1) is 23.5. The molecule has 0 radical (unpaired) electrons. The lowest BCUT2D eigenvalue weighted by molar-refractivity contribution is -0.130. The van der Waals surface area contributed by atoms with E-state index in [1.165, 1.54) is 38.5 Å². The number of hydrogen-bond acceptors (Lipinski definition) is 2. The van der Waals surface area contributed by atoms with Crippen LogP contribution in [0, 0.1) is 0 Å². The summed E-state index contributed by atoms with van der Waals surface area (Å²) in [5, 5.41) is -0.184. The maximum absolute atomic E-state index is 13.7. The molecule has 0 fully saturated rings. The van der Waals surface area contributed by atoms with Crippen molar-refractivity contribution in [2.45, 2.75) is 75.4 Å². The molecule has 1 unspecified atom stereocenters. The third kappa shape index (κ3) is 8.65. The summed E-state index contributed by atoms with van der Waals surface area (Å²) in [6.45, 7) is 6.22. The van der Waals surface area contributed by atoms with Crippen molar-refractivity contribution < 1.29 is 4.79 Å². The molecule has 0 aliphatic heterocycles. The van der Waals surface area contributed by atoms with Crippen LogP contribution in [0.4, 0.5) is 0 Å². The number of benzene rings is 2. The minimum atomic E-state index is -0.184. The van der Waals surface area contributed by atoms with E-state index in [-0.39, 0.29) is 11.2 Å². The van der Waals surface area contributed by atoms with Crippen molar-refractivity contribution in [3.63, 3.8) is 0 Å². The summed E-state index contributed by atoms with van der Waals surface area (Å²) in [6.07, 6.45) is 9.56. The molecule has 1 atom stereocenters. The van der Waals surface area contributed by atoms with Crippen LogP contribution in [-0.2, 0) is 4.79 Å². The molecule has 0 saturated heterocycles. The van der Waals surface area contributed by atoms with E-state index in [4.69, 9.17) is 0 Å². The fourth-order valence-electron chi connectivity index (χ4n) is 3.48. The predicted octanol–water partition coefficient (Wildman–Crippen LogP) is 7.51. The number of nitrogens with zero attached hydrogens (tertiary/aromatic N) is 1. The molecule has 1 amide bonds. The topological polar surface area (TPSA) is 20.3 Å². The number of amides is 1. The van der Waals surface area contributed by atoms with E-state index in [9.17, 15) is 4.79 Å². The monoisotopic (exact) mass is 411 g/mol. The number of thioether (sulfide) groups is 1. The molecule has 0 bridgehead atoms. The molecule has 0 spiro atoms. The van der Waals surface area contributed by atoms with Crippen molar-refractivity contribution in [3.8, 4) is 0 Å². The second kappa shape index (κ2) is 14.3. The molecule has 0 saturated carbocycles. The largest absolute Gasteiger partial charge is 0.341 e. The number of unbranched alkanes of at least 4 members (excludes halogenated alkanes) is 6. The number of carbonyl (C=O) groups excluding carboxylic acids is 1. The molecule has 0 N–H and O–H groups in total. The van der Waals surface area contributed by atoms with E-state index >= 15 is 0 Å². The van der Waals surface area contributed by atoms with Crippen LogP contribution in [-0.4, -0.2) is 23.9 Å². The molecule has 0 aliphatic rings. The van der Waals surface area contributed by atoms with E-state index < -0.39 is 0 Å². The lowest BCUT2D eigenvalue weighted by Gasteiger charge is -2.28. The molecule has 3 heteroatoms. The van der Waals surface area contributed by atoms with Gasteiger partial charge in [0.15, 0.2) is 0 Å². The van der Waals surface area contributed by atoms with Gasteiger partial charge in [-0.3, -0.25) is 4.79 Å². The van der Waals surface area contributed by atoms with Crippen molar-refractivity contribution in [1.82, 2.24) is 4.90 Å². The van der Waals surface area contributed by atoms with Gasteiger partial charge in [0.1, 0.15) is 5.25 Å². The number of rotatable bonds is 14. The molecule has 2 aromatic rings. The van der Waals surface area contributed by atoms with Crippen LogP contribution >= 0.6 is 11.8 Å². The third-order valence-electron chi connectivity index (χ3n) is 5.20. The highest BCUT2D eigenvalue weighted by Crippen LogP contribution is 2.36. The third-order valence-corrected chi connectivity index (χ3v) is 6.45. The van der Waals surface area contributed by atoms with Gasteiger partial charge in [0.25, 0.3) is 0 Å². The van der Waals surface area contributed by atoms with Crippen LogP contribution < -0.4 is 0 Å².